The van der Waals surface area contributed by atoms with Crippen LogP contribution in [0.25, 0.3) is 6.08 Å². The van der Waals surface area contributed by atoms with Crippen LogP contribution in [0.3, 0.4) is 0 Å². The molecule has 30 heavy (non-hydrogen) atoms. The molecule has 0 aromatic heterocycles. The Morgan fingerprint density at radius 1 is 0.833 bits per heavy atom. The molecule has 0 bridgehead atoms. The van der Waals surface area contributed by atoms with E-state index in [0.29, 0.717) is 15.7 Å². The van der Waals surface area contributed by atoms with Crippen molar-refractivity contribution in [1.82, 2.24) is 5.32 Å². The van der Waals surface area contributed by atoms with Crippen LogP contribution < -0.4 is 10.6 Å². The zero-order valence-corrected chi connectivity index (χ0v) is 17.2. The Bertz CT molecular complexity index is 1110. The van der Waals surface area contributed by atoms with Gasteiger partial charge in [-0.05, 0) is 64.0 Å². The van der Waals surface area contributed by atoms with Crippen LogP contribution in [0.4, 0.5) is 5.69 Å². The molecular weight excluding hydrogens is 448 g/mol. The quantitative estimate of drug-likeness (QED) is 0.466. The van der Waals surface area contributed by atoms with E-state index in [1.165, 1.54) is 24.3 Å². The SMILES string of the molecule is O=C(Nc1ccc(C(=O)O)cc1)/C(=C\c1ccccc1)NC(=O)c1ccccc1Br. The zero-order valence-electron chi connectivity index (χ0n) is 15.6. The van der Waals surface area contributed by atoms with Crippen molar-refractivity contribution in [3.05, 3.63) is 106 Å². The maximum atomic E-state index is 12.9. The molecule has 0 heterocycles. The number of hydrogen-bond acceptors (Lipinski definition) is 3. The molecule has 0 spiro atoms. The van der Waals surface area contributed by atoms with Gasteiger partial charge in [-0.3, -0.25) is 9.59 Å². The summed E-state index contributed by atoms with van der Waals surface area (Å²) in [5, 5.41) is 14.3. The fraction of sp³-hybridized carbons (Fsp3) is 0. The van der Waals surface area contributed by atoms with E-state index in [1.54, 1.807) is 42.5 Å². The summed E-state index contributed by atoms with van der Waals surface area (Å²) in [4.78, 5) is 36.6. The van der Waals surface area contributed by atoms with Gasteiger partial charge in [0.1, 0.15) is 5.70 Å². The highest BCUT2D eigenvalue weighted by molar-refractivity contribution is 9.10. The molecule has 6 nitrogen and oxygen atoms in total. The Morgan fingerprint density at radius 3 is 2.10 bits per heavy atom. The molecule has 0 atom stereocenters. The van der Waals surface area contributed by atoms with Gasteiger partial charge in [0.25, 0.3) is 11.8 Å². The van der Waals surface area contributed by atoms with Crippen LogP contribution in [0.5, 0.6) is 0 Å². The number of hydrogen-bond donors (Lipinski definition) is 3. The van der Waals surface area contributed by atoms with E-state index in [0.717, 1.165) is 5.56 Å². The number of amides is 2. The summed E-state index contributed by atoms with van der Waals surface area (Å²) < 4.78 is 0.603. The fourth-order valence-electron chi connectivity index (χ4n) is 2.60. The van der Waals surface area contributed by atoms with Crippen molar-refractivity contribution >= 4 is 45.5 Å². The Balaban J connectivity index is 1.86. The lowest BCUT2D eigenvalue weighted by atomic mass is 10.1. The van der Waals surface area contributed by atoms with Gasteiger partial charge in [0.2, 0.25) is 0 Å². The molecule has 0 radical (unpaired) electrons. The van der Waals surface area contributed by atoms with E-state index in [-0.39, 0.29) is 11.3 Å². The van der Waals surface area contributed by atoms with Gasteiger partial charge in [0.05, 0.1) is 11.1 Å². The van der Waals surface area contributed by atoms with Crippen molar-refractivity contribution in [2.45, 2.75) is 0 Å². The molecule has 3 aromatic rings. The monoisotopic (exact) mass is 464 g/mol. The average molecular weight is 465 g/mol. The van der Waals surface area contributed by atoms with Crippen molar-refractivity contribution in [2.75, 3.05) is 5.32 Å². The van der Waals surface area contributed by atoms with Crippen LogP contribution in [0.2, 0.25) is 0 Å². The van der Waals surface area contributed by atoms with Gasteiger partial charge in [-0.2, -0.15) is 0 Å². The number of carboxylic acids is 1. The number of benzene rings is 3. The smallest absolute Gasteiger partial charge is 0.335 e. The maximum Gasteiger partial charge on any atom is 0.335 e. The molecule has 2 amide bonds. The molecule has 3 aromatic carbocycles. The first-order chi connectivity index (χ1) is 14.4. The summed E-state index contributed by atoms with van der Waals surface area (Å²) in [6.07, 6.45) is 1.57. The fourth-order valence-corrected chi connectivity index (χ4v) is 3.07. The highest BCUT2D eigenvalue weighted by Gasteiger charge is 2.17. The summed E-state index contributed by atoms with van der Waals surface area (Å²) in [6.45, 7) is 0. The standard InChI is InChI=1S/C23H17BrN2O4/c24-19-9-5-4-8-18(19)21(27)26-20(14-15-6-2-1-3-7-15)22(28)25-17-12-10-16(11-13-17)23(29)30/h1-14H,(H,25,28)(H,26,27)(H,29,30)/b20-14+. The molecule has 3 N–H and O–H groups in total. The van der Waals surface area contributed by atoms with Gasteiger partial charge in [-0.1, -0.05) is 42.5 Å². The molecule has 150 valence electrons. The van der Waals surface area contributed by atoms with Crippen LogP contribution in [-0.4, -0.2) is 22.9 Å². The second kappa shape index (κ2) is 9.67. The van der Waals surface area contributed by atoms with Crippen LogP contribution in [0.1, 0.15) is 26.3 Å². The Morgan fingerprint density at radius 2 is 1.47 bits per heavy atom. The minimum absolute atomic E-state index is 0.0456. The first-order valence-electron chi connectivity index (χ1n) is 8.91. The third-order valence-corrected chi connectivity index (χ3v) is 4.80. The molecule has 0 saturated heterocycles. The average Bonchev–Trinajstić information content (AvgIpc) is 2.74. The van der Waals surface area contributed by atoms with Gasteiger partial charge in [0.15, 0.2) is 0 Å². The van der Waals surface area contributed by atoms with Crippen LogP contribution in [0, 0.1) is 0 Å². The predicted molar refractivity (Wildman–Crippen MR) is 118 cm³/mol. The first kappa shape index (κ1) is 21.0. The van der Waals surface area contributed by atoms with Gasteiger partial charge in [-0.15, -0.1) is 0 Å². The van der Waals surface area contributed by atoms with Gasteiger partial charge < -0.3 is 15.7 Å². The molecule has 0 aliphatic carbocycles. The van der Waals surface area contributed by atoms with Crippen LogP contribution in [-0.2, 0) is 4.79 Å². The van der Waals surface area contributed by atoms with Crippen LogP contribution >= 0.6 is 15.9 Å². The van der Waals surface area contributed by atoms with E-state index in [2.05, 4.69) is 26.6 Å². The number of carboxylic acid groups (broad SMARTS) is 1. The number of nitrogens with one attached hydrogen (secondary N) is 2. The molecule has 0 unspecified atom stereocenters. The lowest BCUT2D eigenvalue weighted by Crippen LogP contribution is -2.31. The third kappa shape index (κ3) is 5.42. The lowest BCUT2D eigenvalue weighted by Gasteiger charge is -2.12. The summed E-state index contributed by atoms with van der Waals surface area (Å²) in [6, 6.07) is 21.7. The number of carbonyl (C=O) groups excluding carboxylic acids is 2. The molecule has 3 rings (SSSR count). The summed E-state index contributed by atoms with van der Waals surface area (Å²) >= 11 is 3.33. The highest BCUT2D eigenvalue weighted by Crippen LogP contribution is 2.17. The minimum Gasteiger partial charge on any atom is -0.478 e. The number of aromatic carboxylic acids is 1. The second-order valence-electron chi connectivity index (χ2n) is 6.24. The zero-order chi connectivity index (χ0) is 21.5. The summed E-state index contributed by atoms with van der Waals surface area (Å²) in [7, 11) is 0. The molecule has 0 fully saturated rings. The minimum atomic E-state index is -1.06. The van der Waals surface area contributed by atoms with E-state index >= 15 is 0 Å². The predicted octanol–water partition coefficient (Wildman–Crippen LogP) is 4.56. The van der Waals surface area contributed by atoms with Crippen molar-refractivity contribution in [2.24, 2.45) is 0 Å². The van der Waals surface area contributed by atoms with Crippen LogP contribution in [0.15, 0.2) is 89.0 Å². The summed E-state index contributed by atoms with van der Waals surface area (Å²) in [5.41, 5.74) is 1.67. The van der Waals surface area contributed by atoms with Crippen molar-refractivity contribution in [3.8, 4) is 0 Å². The Hall–Kier alpha value is -3.71. The Labute approximate surface area is 181 Å². The maximum absolute atomic E-state index is 12.9. The highest BCUT2D eigenvalue weighted by atomic mass is 79.9. The van der Waals surface area contributed by atoms with Gasteiger partial charge >= 0.3 is 5.97 Å². The number of halogens is 1. The van der Waals surface area contributed by atoms with E-state index in [4.69, 9.17) is 5.11 Å². The van der Waals surface area contributed by atoms with Gasteiger partial charge in [0, 0.05) is 10.2 Å². The molecule has 7 heteroatoms. The molecule has 0 aliphatic heterocycles. The second-order valence-corrected chi connectivity index (χ2v) is 7.09. The molecular formula is C23H17BrN2O4. The number of anilines is 1. The normalized spacial score (nSPS) is 10.9. The number of carbonyl (C=O) groups is 3. The van der Waals surface area contributed by atoms with E-state index < -0.39 is 17.8 Å². The summed E-state index contributed by atoms with van der Waals surface area (Å²) in [5.74, 6) is -2.04. The van der Waals surface area contributed by atoms with Gasteiger partial charge in [-0.25, -0.2) is 4.79 Å². The van der Waals surface area contributed by atoms with Crippen molar-refractivity contribution in [3.63, 3.8) is 0 Å². The first-order valence-corrected chi connectivity index (χ1v) is 9.70. The topological polar surface area (TPSA) is 95.5 Å². The molecule has 0 saturated carbocycles. The molecule has 0 aliphatic rings. The van der Waals surface area contributed by atoms with E-state index in [1.807, 2.05) is 18.2 Å². The largest absolute Gasteiger partial charge is 0.478 e. The van der Waals surface area contributed by atoms with Crippen molar-refractivity contribution in [1.29, 1.82) is 0 Å². The Kier molecular flexibility index (Phi) is 6.77. The van der Waals surface area contributed by atoms with E-state index in [9.17, 15) is 14.4 Å². The third-order valence-electron chi connectivity index (χ3n) is 4.11. The lowest BCUT2D eigenvalue weighted by molar-refractivity contribution is -0.113. The van der Waals surface area contributed by atoms with Crippen molar-refractivity contribution < 1.29 is 19.5 Å². The number of rotatable bonds is 6.